The number of para-hydroxylation sites is 1. The molecule has 3 N–H and O–H groups in total. The number of carbonyl (C=O) groups excluding carboxylic acids is 2. The minimum Gasteiger partial charge on any atom is -0.449 e. The van der Waals surface area contributed by atoms with Gasteiger partial charge in [-0.3, -0.25) is 4.79 Å². The quantitative estimate of drug-likeness (QED) is 0.597. The molecule has 1 heterocycles. The number of fused-ring (bicyclic) bond motifs is 1. The van der Waals surface area contributed by atoms with Gasteiger partial charge in [-0.15, -0.1) is 0 Å². The second-order valence-electron chi connectivity index (χ2n) is 6.58. The van der Waals surface area contributed by atoms with E-state index >= 15 is 0 Å². The lowest BCUT2D eigenvalue weighted by molar-refractivity contribution is 0.0998. The van der Waals surface area contributed by atoms with Crippen molar-refractivity contribution in [2.24, 2.45) is 0 Å². The van der Waals surface area contributed by atoms with Gasteiger partial charge in [-0.25, -0.2) is 4.79 Å². The second kappa shape index (κ2) is 6.96. The zero-order chi connectivity index (χ0) is 19.0. The summed E-state index contributed by atoms with van der Waals surface area (Å²) in [6.45, 7) is 1.82. The van der Waals surface area contributed by atoms with Crippen molar-refractivity contribution in [3.05, 3.63) is 58.8 Å². The molecule has 0 bridgehead atoms. The van der Waals surface area contributed by atoms with Gasteiger partial charge in [0.25, 0.3) is 5.91 Å². The summed E-state index contributed by atoms with van der Waals surface area (Å²) in [7, 11) is 0. The topological polar surface area (TPSA) is 83.4 Å². The fraction of sp³-hybridized carbons (Fsp3) is 0.200. The number of carbonyl (C=O) groups is 2. The number of nitrogens with one attached hydrogen (secondary N) is 3. The number of anilines is 2. The Kier molecular flexibility index (Phi) is 4.49. The smallest absolute Gasteiger partial charge is 0.319 e. The molecule has 1 aromatic heterocycles. The Bertz CT molecular complexity index is 1020. The third kappa shape index (κ3) is 3.75. The van der Waals surface area contributed by atoms with Gasteiger partial charge in [0.1, 0.15) is 0 Å². The Morgan fingerprint density at radius 1 is 1.04 bits per heavy atom. The molecule has 0 atom stereocenters. The Morgan fingerprint density at radius 2 is 1.70 bits per heavy atom. The maximum Gasteiger partial charge on any atom is 0.319 e. The lowest BCUT2D eigenvalue weighted by Gasteiger charge is -2.08. The van der Waals surface area contributed by atoms with E-state index in [-0.39, 0.29) is 17.7 Å². The molecule has 2 aromatic carbocycles. The zero-order valence-corrected chi connectivity index (χ0v) is 15.4. The molecule has 1 aliphatic rings. The van der Waals surface area contributed by atoms with Crippen LogP contribution in [0.1, 0.15) is 29.0 Å². The molecule has 1 saturated carbocycles. The van der Waals surface area contributed by atoms with E-state index in [0.717, 1.165) is 23.8 Å². The van der Waals surface area contributed by atoms with Crippen molar-refractivity contribution < 1.29 is 14.0 Å². The van der Waals surface area contributed by atoms with Crippen LogP contribution in [0, 0.1) is 6.92 Å². The van der Waals surface area contributed by atoms with Crippen LogP contribution in [0.4, 0.5) is 16.2 Å². The van der Waals surface area contributed by atoms with Gasteiger partial charge in [0.05, 0.1) is 5.02 Å². The summed E-state index contributed by atoms with van der Waals surface area (Å²) in [5.41, 5.74) is 2.49. The highest BCUT2D eigenvalue weighted by Gasteiger charge is 2.23. The average molecular weight is 384 g/mol. The van der Waals surface area contributed by atoms with E-state index in [4.69, 9.17) is 16.0 Å². The minimum atomic E-state index is -0.355. The van der Waals surface area contributed by atoms with Crippen molar-refractivity contribution in [3.8, 4) is 0 Å². The van der Waals surface area contributed by atoms with Crippen LogP contribution in [0.2, 0.25) is 5.02 Å². The maximum absolute atomic E-state index is 12.6. The largest absolute Gasteiger partial charge is 0.449 e. The molecule has 3 amide bonds. The lowest BCUT2D eigenvalue weighted by atomic mass is 10.1. The molecule has 1 fully saturated rings. The van der Waals surface area contributed by atoms with E-state index < -0.39 is 0 Å². The molecular formula is C20H18ClN3O3. The SMILES string of the molecule is Cc1c(C(=O)Nc2ccc(NC(=O)NC3CC3)cc2)oc2c(Cl)cccc12. The molecule has 0 aliphatic heterocycles. The van der Waals surface area contributed by atoms with Crippen LogP contribution in [0.25, 0.3) is 11.0 Å². The monoisotopic (exact) mass is 383 g/mol. The maximum atomic E-state index is 12.6. The van der Waals surface area contributed by atoms with Crippen molar-refractivity contribution in [2.75, 3.05) is 10.6 Å². The zero-order valence-electron chi connectivity index (χ0n) is 14.6. The highest BCUT2D eigenvalue weighted by atomic mass is 35.5. The van der Waals surface area contributed by atoms with Crippen molar-refractivity contribution in [3.63, 3.8) is 0 Å². The summed E-state index contributed by atoms with van der Waals surface area (Å²) < 4.78 is 5.67. The van der Waals surface area contributed by atoms with Crippen molar-refractivity contribution >= 4 is 45.9 Å². The van der Waals surface area contributed by atoms with Gasteiger partial charge in [0, 0.05) is 28.4 Å². The molecule has 0 saturated heterocycles. The number of urea groups is 1. The van der Waals surface area contributed by atoms with Gasteiger partial charge in [-0.2, -0.15) is 0 Å². The standard InChI is InChI=1S/C20H18ClN3O3/c1-11-15-3-2-4-16(21)18(15)27-17(11)19(25)22-12-5-7-13(8-6-12)23-20(26)24-14-9-10-14/h2-8,14H,9-10H2,1H3,(H,22,25)(H2,23,24,26). The number of aryl methyl sites for hydroxylation is 1. The summed E-state index contributed by atoms with van der Waals surface area (Å²) in [5, 5.41) is 9.69. The molecule has 27 heavy (non-hydrogen) atoms. The molecule has 4 rings (SSSR count). The summed E-state index contributed by atoms with van der Waals surface area (Å²) >= 11 is 6.14. The number of rotatable bonds is 4. The van der Waals surface area contributed by atoms with Gasteiger partial charge in [0.15, 0.2) is 11.3 Å². The highest BCUT2D eigenvalue weighted by molar-refractivity contribution is 6.35. The molecule has 0 radical (unpaired) electrons. The number of hydrogen-bond acceptors (Lipinski definition) is 3. The van der Waals surface area contributed by atoms with Crippen LogP contribution in [0.3, 0.4) is 0 Å². The molecule has 0 spiro atoms. The molecule has 3 aromatic rings. The highest BCUT2D eigenvalue weighted by Crippen LogP contribution is 2.31. The van der Waals surface area contributed by atoms with Crippen molar-refractivity contribution in [2.45, 2.75) is 25.8 Å². The van der Waals surface area contributed by atoms with Crippen molar-refractivity contribution in [1.82, 2.24) is 5.32 Å². The fourth-order valence-corrected chi connectivity index (χ4v) is 3.04. The Hall–Kier alpha value is -2.99. The normalized spacial score (nSPS) is 13.4. The van der Waals surface area contributed by atoms with Crippen molar-refractivity contribution in [1.29, 1.82) is 0 Å². The number of halogens is 1. The Morgan fingerprint density at radius 3 is 2.33 bits per heavy atom. The number of hydrogen-bond donors (Lipinski definition) is 3. The van der Waals surface area contributed by atoms with Gasteiger partial charge >= 0.3 is 6.03 Å². The molecule has 138 valence electrons. The van der Waals surface area contributed by atoms with E-state index in [0.29, 0.717) is 28.0 Å². The van der Waals surface area contributed by atoms with E-state index in [1.54, 1.807) is 30.3 Å². The van der Waals surface area contributed by atoms with Crippen LogP contribution in [0.15, 0.2) is 46.9 Å². The minimum absolute atomic E-state index is 0.218. The van der Waals surface area contributed by atoms with Crippen LogP contribution in [-0.4, -0.2) is 18.0 Å². The number of furan rings is 1. The summed E-state index contributed by atoms with van der Waals surface area (Å²) in [4.78, 5) is 24.3. The summed E-state index contributed by atoms with van der Waals surface area (Å²) in [5.74, 6) is -0.129. The van der Waals surface area contributed by atoms with E-state index in [1.807, 2.05) is 19.1 Å². The first kappa shape index (κ1) is 17.4. The Labute approximate surface area is 160 Å². The van der Waals surface area contributed by atoms with Gasteiger partial charge in [0.2, 0.25) is 0 Å². The molecule has 1 aliphatic carbocycles. The van der Waals surface area contributed by atoms with E-state index in [9.17, 15) is 9.59 Å². The summed E-state index contributed by atoms with van der Waals surface area (Å²) in [6.07, 6.45) is 2.07. The molecule has 0 unspecified atom stereocenters. The van der Waals surface area contributed by atoms with Gasteiger partial charge in [-0.1, -0.05) is 23.7 Å². The Balaban J connectivity index is 1.45. The fourth-order valence-electron chi connectivity index (χ4n) is 2.83. The van der Waals surface area contributed by atoms with Crippen LogP contribution >= 0.6 is 11.6 Å². The van der Waals surface area contributed by atoms with E-state index in [2.05, 4.69) is 16.0 Å². The first-order valence-electron chi connectivity index (χ1n) is 8.68. The van der Waals surface area contributed by atoms with Crippen LogP contribution < -0.4 is 16.0 Å². The lowest BCUT2D eigenvalue weighted by Crippen LogP contribution is -2.30. The number of amides is 3. The first-order chi connectivity index (χ1) is 13.0. The summed E-state index contributed by atoms with van der Waals surface area (Å²) in [6, 6.07) is 12.4. The average Bonchev–Trinajstić information content (AvgIpc) is 3.38. The predicted molar refractivity (Wildman–Crippen MR) is 106 cm³/mol. The van der Waals surface area contributed by atoms with Gasteiger partial charge in [-0.05, 0) is 50.1 Å². The number of benzene rings is 2. The van der Waals surface area contributed by atoms with Crippen LogP contribution in [-0.2, 0) is 0 Å². The third-order valence-electron chi connectivity index (χ3n) is 4.44. The van der Waals surface area contributed by atoms with Gasteiger partial charge < -0.3 is 20.4 Å². The second-order valence-corrected chi connectivity index (χ2v) is 6.98. The molecule has 7 heteroatoms. The van der Waals surface area contributed by atoms with Crippen LogP contribution in [0.5, 0.6) is 0 Å². The molecular weight excluding hydrogens is 366 g/mol. The first-order valence-corrected chi connectivity index (χ1v) is 9.05. The predicted octanol–water partition coefficient (Wildman–Crippen LogP) is 4.93. The van der Waals surface area contributed by atoms with E-state index in [1.165, 1.54) is 0 Å². The molecule has 6 nitrogen and oxygen atoms in total. The third-order valence-corrected chi connectivity index (χ3v) is 4.73.